The van der Waals surface area contributed by atoms with Crippen LogP contribution in [0, 0.1) is 11.8 Å². The third kappa shape index (κ3) is 5.71. The molecule has 1 amide bonds. The lowest BCUT2D eigenvalue weighted by Gasteiger charge is -2.51. The molecule has 0 bridgehead atoms. The zero-order chi connectivity index (χ0) is 22.6. The van der Waals surface area contributed by atoms with Crippen LogP contribution in [0.5, 0.6) is 0 Å². The van der Waals surface area contributed by atoms with Gasteiger partial charge in [0.2, 0.25) is 5.91 Å². The number of carbonyl (C=O) groups is 1. The third-order valence-corrected chi connectivity index (χ3v) is 7.59. The van der Waals surface area contributed by atoms with Gasteiger partial charge in [0.05, 0.1) is 13.2 Å². The van der Waals surface area contributed by atoms with Gasteiger partial charge in [-0.05, 0) is 51.3 Å². The molecule has 4 rings (SSSR count). The highest BCUT2D eigenvalue weighted by Crippen LogP contribution is 2.46. The van der Waals surface area contributed by atoms with Gasteiger partial charge in [-0.2, -0.15) is 0 Å². The van der Waals surface area contributed by atoms with E-state index >= 15 is 0 Å². The van der Waals surface area contributed by atoms with Gasteiger partial charge in [0.25, 0.3) is 0 Å². The van der Waals surface area contributed by atoms with Crippen LogP contribution < -0.4 is 0 Å². The fourth-order valence-electron chi connectivity index (χ4n) is 5.99. The monoisotopic (exact) mass is 443 g/mol. The number of hydrogen-bond donors (Lipinski definition) is 0. The van der Waals surface area contributed by atoms with E-state index in [1.807, 2.05) is 4.90 Å². The molecule has 0 N–H and O–H groups in total. The maximum Gasteiger partial charge on any atom is 0.222 e. The van der Waals surface area contributed by atoms with Crippen LogP contribution in [0.15, 0.2) is 30.3 Å². The Bertz CT molecular complexity index is 735. The zero-order valence-corrected chi connectivity index (χ0v) is 20.2. The highest BCUT2D eigenvalue weighted by Gasteiger charge is 2.49. The van der Waals surface area contributed by atoms with Crippen LogP contribution in [-0.4, -0.2) is 85.9 Å². The Labute approximate surface area is 193 Å². The minimum atomic E-state index is -0.368. The number of hydrogen-bond acceptors (Lipinski definition) is 5. The summed E-state index contributed by atoms with van der Waals surface area (Å²) in [6, 6.07) is 11.3. The normalized spacial score (nSPS) is 27.6. The van der Waals surface area contributed by atoms with Crippen molar-refractivity contribution in [3.8, 4) is 0 Å². The number of piperidine rings is 1. The molecule has 178 valence electrons. The molecular weight excluding hydrogens is 402 g/mol. The summed E-state index contributed by atoms with van der Waals surface area (Å²) in [5.41, 5.74) is 1.35. The first-order valence-corrected chi connectivity index (χ1v) is 12.5. The largest absolute Gasteiger partial charge is 0.348 e. The third-order valence-electron chi connectivity index (χ3n) is 7.59. The van der Waals surface area contributed by atoms with Crippen LogP contribution >= 0.6 is 0 Å². The molecule has 2 saturated heterocycles. The summed E-state index contributed by atoms with van der Waals surface area (Å²) >= 11 is 0. The van der Waals surface area contributed by atoms with Crippen LogP contribution in [0.1, 0.15) is 44.6 Å². The van der Waals surface area contributed by atoms with Crippen molar-refractivity contribution in [1.29, 1.82) is 0 Å². The Kier molecular flexibility index (Phi) is 7.87. The van der Waals surface area contributed by atoms with E-state index in [9.17, 15) is 4.79 Å². The van der Waals surface area contributed by atoms with E-state index in [0.717, 1.165) is 58.4 Å². The molecule has 1 aromatic rings. The van der Waals surface area contributed by atoms with Gasteiger partial charge in [0, 0.05) is 58.0 Å². The number of benzene rings is 1. The first-order chi connectivity index (χ1) is 15.5. The fraction of sp³-hybridized carbons (Fsp3) is 0.731. The van der Waals surface area contributed by atoms with Gasteiger partial charge in [-0.3, -0.25) is 9.69 Å². The van der Waals surface area contributed by atoms with Crippen molar-refractivity contribution in [3.05, 3.63) is 35.9 Å². The molecule has 3 aliphatic rings. The number of fused-ring (bicyclic) bond motifs is 1. The van der Waals surface area contributed by atoms with Crippen molar-refractivity contribution < 1.29 is 14.3 Å². The Balaban J connectivity index is 1.45. The van der Waals surface area contributed by atoms with Crippen LogP contribution in [0.3, 0.4) is 0 Å². The minimum Gasteiger partial charge on any atom is -0.348 e. The molecule has 0 aromatic heterocycles. The number of ether oxygens (including phenoxy) is 2. The molecule has 1 spiro atoms. The minimum absolute atomic E-state index is 0.302. The van der Waals surface area contributed by atoms with E-state index in [2.05, 4.69) is 61.2 Å². The van der Waals surface area contributed by atoms with Crippen molar-refractivity contribution in [2.75, 3.05) is 53.5 Å². The topological polar surface area (TPSA) is 45.2 Å². The molecule has 2 heterocycles. The van der Waals surface area contributed by atoms with E-state index in [1.165, 1.54) is 5.56 Å². The molecule has 6 nitrogen and oxygen atoms in total. The quantitative estimate of drug-likeness (QED) is 0.617. The van der Waals surface area contributed by atoms with Crippen molar-refractivity contribution in [1.82, 2.24) is 14.7 Å². The standard InChI is InChI=1S/C26H41N3O3/c1-4-28(13-12-27(2)3)25(30)17-22-16-23-18-26(31-14-15-32-26)11-10-24(23)29(20-22)19-21-8-6-5-7-9-21/h5-9,22-24H,4,10-20H2,1-3H3/t22-,23-,24-/m1/s1. The number of likely N-dealkylation sites (tertiary alicyclic amines) is 1. The van der Waals surface area contributed by atoms with E-state index in [4.69, 9.17) is 9.47 Å². The van der Waals surface area contributed by atoms with Gasteiger partial charge in [0.1, 0.15) is 0 Å². The second-order valence-corrected chi connectivity index (χ2v) is 10.2. The fourth-order valence-corrected chi connectivity index (χ4v) is 5.99. The summed E-state index contributed by atoms with van der Waals surface area (Å²) in [5.74, 6) is 0.842. The Morgan fingerprint density at radius 2 is 1.91 bits per heavy atom. The first kappa shape index (κ1) is 23.7. The zero-order valence-electron chi connectivity index (χ0n) is 20.2. The van der Waals surface area contributed by atoms with E-state index in [-0.39, 0.29) is 5.79 Å². The molecule has 3 atom stereocenters. The SMILES string of the molecule is CCN(CCN(C)C)C(=O)C[C@H]1C[C@@H]2CC3(CC[C@H]2N(Cc2ccccc2)C1)OCCO3. The first-order valence-electron chi connectivity index (χ1n) is 12.5. The van der Waals surface area contributed by atoms with E-state index in [0.29, 0.717) is 43.4 Å². The van der Waals surface area contributed by atoms with Crippen LogP contribution in [0.2, 0.25) is 0 Å². The van der Waals surface area contributed by atoms with Crippen molar-refractivity contribution in [3.63, 3.8) is 0 Å². The summed E-state index contributed by atoms with van der Waals surface area (Å²) in [6.45, 7) is 7.97. The van der Waals surface area contributed by atoms with Gasteiger partial charge in [-0.15, -0.1) is 0 Å². The maximum absolute atomic E-state index is 13.2. The van der Waals surface area contributed by atoms with Gasteiger partial charge < -0.3 is 19.3 Å². The Hall–Kier alpha value is -1.47. The number of carbonyl (C=O) groups excluding carboxylic acids is 1. The van der Waals surface area contributed by atoms with Crippen molar-refractivity contribution >= 4 is 5.91 Å². The van der Waals surface area contributed by atoms with Gasteiger partial charge in [-0.25, -0.2) is 0 Å². The molecule has 32 heavy (non-hydrogen) atoms. The molecule has 0 radical (unpaired) electrons. The Morgan fingerprint density at radius 3 is 2.59 bits per heavy atom. The molecule has 1 aliphatic carbocycles. The summed E-state index contributed by atoms with van der Waals surface area (Å²) in [5, 5.41) is 0. The lowest BCUT2D eigenvalue weighted by Crippen LogP contribution is -2.55. The molecule has 1 aromatic carbocycles. The highest BCUT2D eigenvalue weighted by molar-refractivity contribution is 5.76. The highest BCUT2D eigenvalue weighted by atomic mass is 16.7. The van der Waals surface area contributed by atoms with Crippen LogP contribution in [-0.2, 0) is 20.8 Å². The summed E-state index contributed by atoms with van der Waals surface area (Å²) in [4.78, 5) is 20.0. The number of likely N-dealkylation sites (N-methyl/N-ethyl adjacent to an activating group) is 2. The molecule has 1 saturated carbocycles. The van der Waals surface area contributed by atoms with Gasteiger partial charge >= 0.3 is 0 Å². The molecular formula is C26H41N3O3. The van der Waals surface area contributed by atoms with Crippen molar-refractivity contribution in [2.24, 2.45) is 11.8 Å². The number of rotatable bonds is 8. The molecule has 3 fully saturated rings. The second kappa shape index (κ2) is 10.6. The number of nitrogens with zero attached hydrogens (tertiary/aromatic N) is 3. The lowest BCUT2D eigenvalue weighted by atomic mass is 9.71. The predicted octanol–water partition coefficient (Wildman–Crippen LogP) is 3.22. The number of amides is 1. The molecule has 0 unspecified atom stereocenters. The second-order valence-electron chi connectivity index (χ2n) is 10.2. The van der Waals surface area contributed by atoms with Crippen LogP contribution in [0.25, 0.3) is 0 Å². The average molecular weight is 444 g/mol. The average Bonchev–Trinajstić information content (AvgIpc) is 3.22. The van der Waals surface area contributed by atoms with E-state index < -0.39 is 0 Å². The van der Waals surface area contributed by atoms with Crippen LogP contribution in [0.4, 0.5) is 0 Å². The van der Waals surface area contributed by atoms with Gasteiger partial charge in [0.15, 0.2) is 5.79 Å². The molecule has 2 aliphatic heterocycles. The lowest BCUT2D eigenvalue weighted by molar-refractivity contribution is -0.204. The predicted molar refractivity (Wildman–Crippen MR) is 126 cm³/mol. The summed E-state index contributed by atoms with van der Waals surface area (Å²) in [6.07, 6.45) is 4.80. The Morgan fingerprint density at radius 1 is 1.16 bits per heavy atom. The van der Waals surface area contributed by atoms with Gasteiger partial charge in [-0.1, -0.05) is 30.3 Å². The molecule has 6 heteroatoms. The smallest absolute Gasteiger partial charge is 0.222 e. The van der Waals surface area contributed by atoms with Crippen molar-refractivity contribution in [2.45, 2.75) is 57.4 Å². The summed E-state index contributed by atoms with van der Waals surface area (Å²) < 4.78 is 12.2. The summed E-state index contributed by atoms with van der Waals surface area (Å²) in [7, 11) is 4.13. The van der Waals surface area contributed by atoms with E-state index in [1.54, 1.807) is 0 Å². The maximum atomic E-state index is 13.2.